The quantitative estimate of drug-likeness (QED) is 0.412. The zero-order valence-corrected chi connectivity index (χ0v) is 15.4. The Balaban J connectivity index is 2.44. The van der Waals surface area contributed by atoms with Crippen molar-refractivity contribution >= 4 is 29.8 Å². The molecule has 0 aliphatic rings. The highest BCUT2D eigenvalue weighted by Gasteiger charge is 2.32. The lowest BCUT2D eigenvalue weighted by Gasteiger charge is -2.24. The molecule has 0 heterocycles. The van der Waals surface area contributed by atoms with Gasteiger partial charge >= 0.3 is 12.5 Å². The van der Waals surface area contributed by atoms with Crippen molar-refractivity contribution in [1.29, 1.82) is 0 Å². The molecule has 29 heavy (non-hydrogen) atoms. The summed E-state index contributed by atoms with van der Waals surface area (Å²) in [6.07, 6.45) is -9.41. The Labute approximate surface area is 164 Å². The number of alkyl halides is 6. The van der Waals surface area contributed by atoms with Crippen molar-refractivity contribution in [3.63, 3.8) is 0 Å². The monoisotopic (exact) mass is 416 g/mol. The lowest BCUT2D eigenvalue weighted by atomic mass is 9.52. The number of carbonyl (C=O) groups is 1. The Kier molecular flexibility index (Phi) is 6.20. The summed E-state index contributed by atoms with van der Waals surface area (Å²) in [5.41, 5.74) is -1.44. The van der Waals surface area contributed by atoms with Crippen molar-refractivity contribution in [2.75, 3.05) is 0 Å². The average molecular weight is 416 g/mol. The van der Waals surface area contributed by atoms with Crippen molar-refractivity contribution in [2.24, 2.45) is 0 Å². The van der Waals surface area contributed by atoms with E-state index in [4.69, 9.17) is 9.47 Å². The number of halogens is 6. The first-order valence-electron chi connectivity index (χ1n) is 8.11. The second-order valence-electron chi connectivity index (χ2n) is 6.84. The standard InChI is InChI=1S/C16H13B3F6O4/c17-15(18,19)29-13-6-10(28-16(23,24)25)2-4-12(13)27-11-3-1-9(14(20,21)22)5-8(11)7-26/h1-7H,17-19H2. The molecule has 0 bridgehead atoms. The predicted molar refractivity (Wildman–Crippen MR) is 99.0 cm³/mol. The molecule has 0 saturated heterocycles. The molecule has 2 rings (SSSR count). The number of hydrogen-bond acceptors (Lipinski definition) is 4. The summed E-state index contributed by atoms with van der Waals surface area (Å²) in [7, 11) is 4.88. The second-order valence-corrected chi connectivity index (χ2v) is 6.84. The van der Waals surface area contributed by atoms with Gasteiger partial charge in [0.25, 0.3) is 0 Å². The molecule has 0 saturated carbocycles. The van der Waals surface area contributed by atoms with E-state index >= 15 is 0 Å². The largest absolute Gasteiger partial charge is 0.573 e. The highest BCUT2D eigenvalue weighted by atomic mass is 19.4. The summed E-state index contributed by atoms with van der Waals surface area (Å²) in [6, 6.07) is 5.23. The number of hydrogen-bond donors (Lipinski definition) is 0. The summed E-state index contributed by atoms with van der Waals surface area (Å²) >= 11 is 0. The molecule has 0 radical (unpaired) electrons. The molecule has 0 fully saturated rings. The van der Waals surface area contributed by atoms with E-state index in [9.17, 15) is 31.1 Å². The van der Waals surface area contributed by atoms with Crippen LogP contribution in [0.1, 0.15) is 15.9 Å². The Hall–Kier alpha value is -2.72. The zero-order valence-electron chi connectivity index (χ0n) is 15.4. The lowest BCUT2D eigenvalue weighted by molar-refractivity contribution is -0.274. The molecule has 0 aliphatic heterocycles. The van der Waals surface area contributed by atoms with E-state index in [1.54, 1.807) is 23.5 Å². The van der Waals surface area contributed by atoms with Crippen molar-refractivity contribution in [3.05, 3.63) is 47.5 Å². The molecule has 0 unspecified atom stereocenters. The van der Waals surface area contributed by atoms with E-state index in [0.717, 1.165) is 24.3 Å². The fourth-order valence-corrected chi connectivity index (χ4v) is 2.21. The molecule has 13 heteroatoms. The third kappa shape index (κ3) is 6.68. The first-order chi connectivity index (χ1) is 13.2. The van der Waals surface area contributed by atoms with Crippen LogP contribution in [0.4, 0.5) is 26.3 Å². The molecule has 0 aromatic heterocycles. The summed E-state index contributed by atoms with van der Waals surface area (Å²) in [5.74, 6) is -1.07. The van der Waals surface area contributed by atoms with Crippen LogP contribution in [0.3, 0.4) is 0 Å². The Morgan fingerprint density at radius 3 is 1.93 bits per heavy atom. The van der Waals surface area contributed by atoms with Crippen LogP contribution in [0, 0.1) is 0 Å². The van der Waals surface area contributed by atoms with Gasteiger partial charge in [-0.15, -0.1) is 13.2 Å². The van der Waals surface area contributed by atoms with Crippen molar-refractivity contribution in [1.82, 2.24) is 0 Å². The molecule has 152 valence electrons. The molecule has 2 aromatic rings. The van der Waals surface area contributed by atoms with Crippen LogP contribution in [0.25, 0.3) is 0 Å². The van der Waals surface area contributed by atoms with Gasteiger partial charge in [0.05, 0.1) is 11.1 Å². The number of benzene rings is 2. The summed E-state index contributed by atoms with van der Waals surface area (Å²) < 4.78 is 90.7. The maximum Gasteiger partial charge on any atom is 0.573 e. The number of aldehydes is 1. The Morgan fingerprint density at radius 2 is 1.41 bits per heavy atom. The smallest absolute Gasteiger partial charge is 0.510 e. The van der Waals surface area contributed by atoms with Gasteiger partial charge in [-0.25, -0.2) is 0 Å². The minimum atomic E-state index is -4.93. The highest BCUT2D eigenvalue weighted by Crippen LogP contribution is 2.39. The molecule has 0 aliphatic carbocycles. The van der Waals surface area contributed by atoms with Gasteiger partial charge < -0.3 is 14.2 Å². The van der Waals surface area contributed by atoms with Crippen LogP contribution in [-0.4, -0.2) is 41.5 Å². The van der Waals surface area contributed by atoms with Crippen molar-refractivity contribution < 1.29 is 45.3 Å². The van der Waals surface area contributed by atoms with Gasteiger partial charge in [0, 0.05) is 11.4 Å². The normalized spacial score (nSPS) is 12.3. The third-order valence-corrected chi connectivity index (χ3v) is 3.25. The van der Waals surface area contributed by atoms with Gasteiger partial charge in [-0.05, 0) is 30.3 Å². The summed E-state index contributed by atoms with van der Waals surface area (Å²) in [5, 5.41) is -0.845. The van der Waals surface area contributed by atoms with Crippen LogP contribution < -0.4 is 14.2 Å². The zero-order chi connectivity index (χ0) is 22.0. The first-order valence-corrected chi connectivity index (χ1v) is 8.11. The predicted octanol–water partition coefficient (Wildman–Crippen LogP) is 2.10. The SMILES string of the molecule is BC(B)(B)Oc1cc(OC(F)(F)F)ccc1Oc1ccc(C(F)(F)F)cc1C=O. The van der Waals surface area contributed by atoms with Gasteiger partial charge in [-0.3, -0.25) is 4.79 Å². The molecule has 2 aromatic carbocycles. The van der Waals surface area contributed by atoms with Gasteiger partial charge in [0.1, 0.15) is 35.0 Å². The molecular formula is C16H13B3F6O4. The summed E-state index contributed by atoms with van der Waals surface area (Å²) in [6.45, 7) is 0. The molecule has 4 nitrogen and oxygen atoms in total. The van der Waals surface area contributed by atoms with E-state index in [1.165, 1.54) is 0 Å². The van der Waals surface area contributed by atoms with Gasteiger partial charge in [0.15, 0.2) is 17.8 Å². The maximum atomic E-state index is 12.8. The van der Waals surface area contributed by atoms with Gasteiger partial charge in [-0.2, -0.15) is 13.2 Å². The minimum Gasteiger partial charge on any atom is -0.510 e. The summed E-state index contributed by atoms with van der Waals surface area (Å²) in [4.78, 5) is 11.2. The van der Waals surface area contributed by atoms with Crippen molar-refractivity contribution in [2.45, 2.75) is 17.8 Å². The van der Waals surface area contributed by atoms with E-state index in [0.29, 0.717) is 12.1 Å². The Bertz CT molecular complexity index is 894. The van der Waals surface area contributed by atoms with Crippen LogP contribution >= 0.6 is 0 Å². The first kappa shape index (κ1) is 22.6. The van der Waals surface area contributed by atoms with E-state index in [2.05, 4.69) is 4.74 Å². The molecular weight excluding hydrogens is 403 g/mol. The molecule has 0 amide bonds. The van der Waals surface area contributed by atoms with E-state index in [-0.39, 0.29) is 23.5 Å². The van der Waals surface area contributed by atoms with Crippen LogP contribution in [-0.2, 0) is 6.18 Å². The molecule has 0 spiro atoms. The average Bonchev–Trinajstić information content (AvgIpc) is 2.53. The number of rotatable bonds is 6. The van der Waals surface area contributed by atoms with Crippen LogP contribution in [0.15, 0.2) is 36.4 Å². The third-order valence-electron chi connectivity index (χ3n) is 3.25. The fraction of sp³-hybridized carbons (Fsp3) is 0.188. The van der Waals surface area contributed by atoms with Crippen LogP contribution in [0.5, 0.6) is 23.0 Å². The van der Waals surface area contributed by atoms with Gasteiger partial charge in [-0.1, -0.05) is 0 Å². The van der Waals surface area contributed by atoms with Gasteiger partial charge in [0.2, 0.25) is 0 Å². The van der Waals surface area contributed by atoms with E-state index in [1.807, 2.05) is 0 Å². The van der Waals surface area contributed by atoms with Crippen LogP contribution in [0.2, 0.25) is 0 Å². The number of carbonyl (C=O) groups excluding carboxylic acids is 1. The molecule has 0 atom stereocenters. The minimum absolute atomic E-state index is 0.114. The number of ether oxygens (including phenoxy) is 3. The van der Waals surface area contributed by atoms with E-state index < -0.39 is 34.7 Å². The second kappa shape index (κ2) is 7.96. The topological polar surface area (TPSA) is 44.8 Å². The maximum absolute atomic E-state index is 12.8. The Morgan fingerprint density at radius 1 is 0.793 bits per heavy atom. The van der Waals surface area contributed by atoms with Crippen molar-refractivity contribution in [3.8, 4) is 23.0 Å². The highest BCUT2D eigenvalue weighted by molar-refractivity contribution is 6.58. The lowest BCUT2D eigenvalue weighted by Crippen LogP contribution is -2.37. The molecule has 0 N–H and O–H groups in total. The fourth-order valence-electron chi connectivity index (χ4n) is 2.21.